The molecule has 0 aliphatic heterocycles. The molecule has 2 unspecified atom stereocenters. The summed E-state index contributed by atoms with van der Waals surface area (Å²) >= 11 is 0. The van der Waals surface area contributed by atoms with Gasteiger partial charge in [-0.3, -0.25) is 0 Å². The summed E-state index contributed by atoms with van der Waals surface area (Å²) in [5, 5.41) is 9.73. The Morgan fingerprint density at radius 1 is 1.15 bits per heavy atom. The average molecular weight is 187 g/mol. The molecular formula is C11H25NO. The van der Waals surface area contributed by atoms with Crippen LogP contribution < -0.4 is 5.73 Å². The fourth-order valence-electron chi connectivity index (χ4n) is 1.61. The Morgan fingerprint density at radius 3 is 2.31 bits per heavy atom. The van der Waals surface area contributed by atoms with Crippen LogP contribution in [-0.2, 0) is 0 Å². The maximum atomic E-state index is 9.73. The number of nitrogens with two attached hydrogens (primary N) is 1. The summed E-state index contributed by atoms with van der Waals surface area (Å²) in [6.07, 6.45) is 6.67. The second-order valence-corrected chi connectivity index (χ2v) is 3.82. The quantitative estimate of drug-likeness (QED) is 0.573. The predicted molar refractivity (Wildman–Crippen MR) is 57.6 cm³/mol. The molecule has 0 fully saturated rings. The number of hydrogen-bond donors (Lipinski definition) is 2. The monoisotopic (exact) mass is 187 g/mol. The molecule has 0 saturated carbocycles. The first kappa shape index (κ1) is 12.9. The van der Waals surface area contributed by atoms with Gasteiger partial charge in [0.15, 0.2) is 0 Å². The van der Waals surface area contributed by atoms with E-state index in [1.165, 1.54) is 19.3 Å². The van der Waals surface area contributed by atoms with E-state index >= 15 is 0 Å². The molecule has 0 aromatic carbocycles. The lowest BCUT2D eigenvalue weighted by atomic mass is 9.95. The summed E-state index contributed by atoms with van der Waals surface area (Å²) in [5.74, 6) is 0.307. The van der Waals surface area contributed by atoms with Crippen LogP contribution in [0.25, 0.3) is 0 Å². The smallest absolute Gasteiger partial charge is 0.0580 e. The zero-order valence-corrected chi connectivity index (χ0v) is 9.13. The fourth-order valence-corrected chi connectivity index (χ4v) is 1.61. The van der Waals surface area contributed by atoms with Gasteiger partial charge in [0, 0.05) is 0 Å². The van der Waals surface area contributed by atoms with E-state index in [4.69, 9.17) is 5.73 Å². The Bertz CT molecular complexity index is 102. The van der Waals surface area contributed by atoms with E-state index in [9.17, 15) is 5.11 Å². The third kappa shape index (κ3) is 6.05. The van der Waals surface area contributed by atoms with Gasteiger partial charge in [-0.1, -0.05) is 39.5 Å². The first-order valence-electron chi connectivity index (χ1n) is 5.64. The lowest BCUT2D eigenvalue weighted by Crippen LogP contribution is -2.27. The van der Waals surface area contributed by atoms with Crippen LogP contribution in [0.2, 0.25) is 0 Å². The van der Waals surface area contributed by atoms with Crippen LogP contribution in [0.15, 0.2) is 0 Å². The van der Waals surface area contributed by atoms with Crippen molar-refractivity contribution >= 4 is 0 Å². The summed E-state index contributed by atoms with van der Waals surface area (Å²) in [5.41, 5.74) is 5.55. The molecule has 0 radical (unpaired) electrons. The van der Waals surface area contributed by atoms with Gasteiger partial charge >= 0.3 is 0 Å². The van der Waals surface area contributed by atoms with Crippen molar-refractivity contribution in [1.29, 1.82) is 0 Å². The summed E-state index contributed by atoms with van der Waals surface area (Å²) in [6, 6.07) is 0. The van der Waals surface area contributed by atoms with Crippen LogP contribution >= 0.6 is 0 Å². The minimum absolute atomic E-state index is 0.174. The average Bonchev–Trinajstić information content (AvgIpc) is 2.14. The van der Waals surface area contributed by atoms with Crippen LogP contribution in [0.1, 0.15) is 52.4 Å². The van der Waals surface area contributed by atoms with Gasteiger partial charge in [-0.25, -0.2) is 0 Å². The topological polar surface area (TPSA) is 46.2 Å². The summed E-state index contributed by atoms with van der Waals surface area (Å²) < 4.78 is 0. The van der Waals surface area contributed by atoms with E-state index in [1.807, 2.05) is 0 Å². The molecule has 0 spiro atoms. The van der Waals surface area contributed by atoms with E-state index in [0.717, 1.165) is 19.3 Å². The highest BCUT2D eigenvalue weighted by Crippen LogP contribution is 2.14. The number of aliphatic hydroxyl groups is 1. The van der Waals surface area contributed by atoms with Crippen molar-refractivity contribution in [2.24, 2.45) is 11.7 Å². The van der Waals surface area contributed by atoms with Crippen molar-refractivity contribution in [3.8, 4) is 0 Å². The Hall–Kier alpha value is -0.0800. The van der Waals surface area contributed by atoms with Gasteiger partial charge in [0.2, 0.25) is 0 Å². The Morgan fingerprint density at radius 2 is 1.85 bits per heavy atom. The second kappa shape index (κ2) is 8.52. The molecule has 2 atom stereocenters. The highest BCUT2D eigenvalue weighted by Gasteiger charge is 2.14. The molecule has 0 aromatic heterocycles. The van der Waals surface area contributed by atoms with Crippen LogP contribution in [0.3, 0.4) is 0 Å². The van der Waals surface area contributed by atoms with E-state index in [0.29, 0.717) is 12.5 Å². The summed E-state index contributed by atoms with van der Waals surface area (Å²) in [7, 11) is 0. The van der Waals surface area contributed by atoms with E-state index in [-0.39, 0.29) is 6.10 Å². The number of aliphatic hydroxyl groups excluding tert-OH is 1. The number of hydrogen-bond acceptors (Lipinski definition) is 2. The Kier molecular flexibility index (Phi) is 8.46. The van der Waals surface area contributed by atoms with Gasteiger partial charge in [0.05, 0.1) is 6.10 Å². The molecule has 0 saturated heterocycles. The molecule has 0 heterocycles. The minimum atomic E-state index is -0.174. The molecule has 0 rings (SSSR count). The fraction of sp³-hybridized carbons (Fsp3) is 1.00. The molecule has 2 heteroatoms. The van der Waals surface area contributed by atoms with E-state index in [1.54, 1.807) is 0 Å². The maximum Gasteiger partial charge on any atom is 0.0580 e. The van der Waals surface area contributed by atoms with Gasteiger partial charge in [0.25, 0.3) is 0 Å². The first-order chi connectivity index (χ1) is 6.26. The van der Waals surface area contributed by atoms with Crippen molar-refractivity contribution in [3.05, 3.63) is 0 Å². The SMILES string of the molecule is CCCCCCC(O)C(CC)CN. The number of unbranched alkanes of at least 4 members (excludes halogenated alkanes) is 3. The van der Waals surface area contributed by atoms with Gasteiger partial charge in [-0.15, -0.1) is 0 Å². The minimum Gasteiger partial charge on any atom is -0.393 e. The van der Waals surface area contributed by atoms with Gasteiger partial charge < -0.3 is 10.8 Å². The lowest BCUT2D eigenvalue weighted by Gasteiger charge is -2.19. The Labute approximate surface area is 82.5 Å². The number of rotatable bonds is 8. The molecule has 80 valence electrons. The van der Waals surface area contributed by atoms with Crippen LogP contribution in [0.5, 0.6) is 0 Å². The highest BCUT2D eigenvalue weighted by molar-refractivity contribution is 4.68. The van der Waals surface area contributed by atoms with Crippen molar-refractivity contribution in [3.63, 3.8) is 0 Å². The van der Waals surface area contributed by atoms with Crippen LogP contribution in [0, 0.1) is 5.92 Å². The summed E-state index contributed by atoms with van der Waals surface area (Å²) in [6.45, 7) is 4.91. The van der Waals surface area contributed by atoms with Gasteiger partial charge in [-0.05, 0) is 25.3 Å². The molecule has 0 amide bonds. The van der Waals surface area contributed by atoms with Gasteiger partial charge in [-0.2, -0.15) is 0 Å². The predicted octanol–water partition coefficient (Wildman–Crippen LogP) is 2.30. The van der Waals surface area contributed by atoms with E-state index in [2.05, 4.69) is 13.8 Å². The van der Waals surface area contributed by atoms with E-state index < -0.39 is 0 Å². The molecule has 13 heavy (non-hydrogen) atoms. The largest absolute Gasteiger partial charge is 0.393 e. The first-order valence-corrected chi connectivity index (χ1v) is 5.64. The van der Waals surface area contributed by atoms with Crippen molar-refractivity contribution in [2.45, 2.75) is 58.5 Å². The molecular weight excluding hydrogens is 162 g/mol. The van der Waals surface area contributed by atoms with Crippen molar-refractivity contribution < 1.29 is 5.11 Å². The highest BCUT2D eigenvalue weighted by atomic mass is 16.3. The molecule has 0 bridgehead atoms. The molecule has 0 aliphatic carbocycles. The molecule has 2 nitrogen and oxygen atoms in total. The van der Waals surface area contributed by atoms with Crippen LogP contribution in [0.4, 0.5) is 0 Å². The third-order valence-corrected chi connectivity index (χ3v) is 2.72. The van der Waals surface area contributed by atoms with Crippen LogP contribution in [-0.4, -0.2) is 17.8 Å². The van der Waals surface area contributed by atoms with Gasteiger partial charge in [0.1, 0.15) is 0 Å². The zero-order valence-electron chi connectivity index (χ0n) is 9.13. The molecule has 0 aliphatic rings. The van der Waals surface area contributed by atoms with Crippen molar-refractivity contribution in [1.82, 2.24) is 0 Å². The normalized spacial score (nSPS) is 15.7. The zero-order chi connectivity index (χ0) is 10.1. The molecule has 3 N–H and O–H groups in total. The standard InChI is InChI=1S/C11H25NO/c1-3-5-6-7-8-11(13)10(4-2)9-12/h10-11,13H,3-9,12H2,1-2H3. The third-order valence-electron chi connectivity index (χ3n) is 2.72. The maximum absolute atomic E-state index is 9.73. The van der Waals surface area contributed by atoms with Crippen molar-refractivity contribution in [2.75, 3.05) is 6.54 Å². The second-order valence-electron chi connectivity index (χ2n) is 3.82. The Balaban J connectivity index is 3.42. The molecule has 0 aromatic rings. The summed E-state index contributed by atoms with van der Waals surface area (Å²) in [4.78, 5) is 0. The lowest BCUT2D eigenvalue weighted by molar-refractivity contribution is 0.0975.